The Labute approximate surface area is 124 Å². The molecule has 1 N–H and O–H groups in total. The molecule has 4 nitrogen and oxygen atoms in total. The molecule has 1 aromatic heterocycles. The maximum absolute atomic E-state index is 4.61. The van der Waals surface area contributed by atoms with Crippen LogP contribution in [0.4, 0.5) is 5.82 Å². The summed E-state index contributed by atoms with van der Waals surface area (Å²) in [7, 11) is 0. The second-order valence-corrected chi connectivity index (χ2v) is 6.28. The Hall–Kier alpha value is -0.680. The zero-order chi connectivity index (χ0) is 13.8. The second-order valence-electron chi connectivity index (χ2n) is 5.47. The van der Waals surface area contributed by atoms with Crippen LogP contribution in [0.3, 0.4) is 0 Å². The van der Waals surface area contributed by atoms with Gasteiger partial charge in [0.25, 0.3) is 0 Å². The van der Waals surface area contributed by atoms with E-state index in [0.29, 0.717) is 12.0 Å². The molecule has 1 saturated heterocycles. The average molecular weight is 327 g/mol. The van der Waals surface area contributed by atoms with Gasteiger partial charge in [-0.3, -0.25) is 0 Å². The summed E-state index contributed by atoms with van der Waals surface area (Å²) in [6.07, 6.45) is 2.48. The van der Waals surface area contributed by atoms with Gasteiger partial charge in [-0.15, -0.1) is 0 Å². The fourth-order valence-electron chi connectivity index (χ4n) is 2.44. The topological polar surface area (TPSA) is 41.0 Å². The monoisotopic (exact) mass is 326 g/mol. The van der Waals surface area contributed by atoms with Crippen LogP contribution in [0, 0.1) is 0 Å². The van der Waals surface area contributed by atoms with E-state index in [1.165, 1.54) is 19.4 Å². The number of hydrogen-bond acceptors (Lipinski definition) is 4. The first-order valence-electron chi connectivity index (χ1n) is 7.12. The van der Waals surface area contributed by atoms with E-state index in [9.17, 15) is 0 Å². The van der Waals surface area contributed by atoms with Crippen LogP contribution in [0.1, 0.15) is 45.4 Å². The lowest BCUT2D eigenvalue weighted by molar-refractivity contribution is 0.226. The maximum Gasteiger partial charge on any atom is 0.134 e. The molecule has 1 fully saturated rings. The summed E-state index contributed by atoms with van der Waals surface area (Å²) in [5, 5.41) is 3.56. The highest BCUT2D eigenvalue weighted by Crippen LogP contribution is 2.20. The minimum atomic E-state index is 0.344. The summed E-state index contributed by atoms with van der Waals surface area (Å²) >= 11 is 3.47. The predicted molar refractivity (Wildman–Crippen MR) is 82.6 cm³/mol. The molecule has 5 heteroatoms. The van der Waals surface area contributed by atoms with Crippen molar-refractivity contribution in [2.24, 2.45) is 0 Å². The van der Waals surface area contributed by atoms with E-state index in [1.807, 2.05) is 6.07 Å². The molecular weight excluding hydrogens is 304 g/mol. The first-order valence-corrected chi connectivity index (χ1v) is 7.91. The lowest BCUT2D eigenvalue weighted by atomic mass is 10.1. The highest BCUT2D eigenvalue weighted by Gasteiger charge is 2.19. The molecular formula is C14H23BrN4. The molecule has 2 rings (SSSR count). The third-order valence-electron chi connectivity index (χ3n) is 3.53. The molecule has 106 valence electrons. The van der Waals surface area contributed by atoms with Gasteiger partial charge in [-0.25, -0.2) is 9.97 Å². The molecule has 1 aliphatic rings. The van der Waals surface area contributed by atoms with Crippen molar-refractivity contribution in [3.8, 4) is 0 Å². The SMILES string of the molecule is CCN1CCCC(Nc2cc(Br)nc(C(C)C)n2)C1. The normalized spacial score (nSPS) is 20.8. The number of aromatic nitrogens is 2. The minimum Gasteiger partial charge on any atom is -0.366 e. The number of halogens is 1. The fourth-order valence-corrected chi connectivity index (χ4v) is 2.84. The van der Waals surface area contributed by atoms with Crippen molar-refractivity contribution < 1.29 is 0 Å². The molecule has 0 saturated carbocycles. The quantitative estimate of drug-likeness (QED) is 0.862. The van der Waals surface area contributed by atoms with Gasteiger partial charge in [-0.05, 0) is 41.9 Å². The maximum atomic E-state index is 4.61. The largest absolute Gasteiger partial charge is 0.366 e. The Balaban J connectivity index is 2.06. The standard InChI is InChI=1S/C14H23BrN4/c1-4-19-7-5-6-11(9-19)16-13-8-12(15)17-14(18-13)10(2)3/h8,10-11H,4-7,9H2,1-3H3,(H,16,17,18). The number of nitrogens with one attached hydrogen (secondary N) is 1. The van der Waals surface area contributed by atoms with E-state index in [4.69, 9.17) is 0 Å². The van der Waals surface area contributed by atoms with Crippen LogP contribution < -0.4 is 5.32 Å². The van der Waals surface area contributed by atoms with Crippen molar-refractivity contribution in [2.75, 3.05) is 25.0 Å². The van der Waals surface area contributed by atoms with Crippen LogP contribution in [0.2, 0.25) is 0 Å². The molecule has 0 aromatic carbocycles. The summed E-state index contributed by atoms with van der Waals surface area (Å²) < 4.78 is 0.858. The number of nitrogens with zero attached hydrogens (tertiary/aromatic N) is 3. The van der Waals surface area contributed by atoms with Crippen molar-refractivity contribution in [1.29, 1.82) is 0 Å². The van der Waals surface area contributed by atoms with Crippen molar-refractivity contribution in [3.05, 3.63) is 16.5 Å². The van der Waals surface area contributed by atoms with Crippen LogP contribution in [-0.2, 0) is 0 Å². The van der Waals surface area contributed by atoms with Crippen molar-refractivity contribution in [2.45, 2.75) is 45.6 Å². The number of likely N-dealkylation sites (N-methyl/N-ethyl adjacent to an activating group) is 1. The van der Waals surface area contributed by atoms with Crippen molar-refractivity contribution >= 4 is 21.7 Å². The summed E-state index contributed by atoms with van der Waals surface area (Å²) in [4.78, 5) is 11.5. The summed E-state index contributed by atoms with van der Waals surface area (Å²) in [6.45, 7) is 9.91. The Morgan fingerprint density at radius 1 is 1.47 bits per heavy atom. The third-order valence-corrected chi connectivity index (χ3v) is 3.94. The van der Waals surface area contributed by atoms with Crippen LogP contribution in [0.5, 0.6) is 0 Å². The van der Waals surface area contributed by atoms with Gasteiger partial charge >= 0.3 is 0 Å². The summed E-state index contributed by atoms with van der Waals surface area (Å²) in [5.41, 5.74) is 0. The molecule has 0 amide bonds. The molecule has 0 aliphatic carbocycles. The van der Waals surface area contributed by atoms with E-state index < -0.39 is 0 Å². The lowest BCUT2D eigenvalue weighted by Crippen LogP contribution is -2.42. The van der Waals surface area contributed by atoms with E-state index in [2.05, 4.69) is 56.9 Å². The molecule has 2 heterocycles. The van der Waals surface area contributed by atoms with E-state index >= 15 is 0 Å². The number of hydrogen-bond donors (Lipinski definition) is 1. The van der Waals surface area contributed by atoms with Crippen LogP contribution in [0.25, 0.3) is 0 Å². The third kappa shape index (κ3) is 4.14. The van der Waals surface area contributed by atoms with E-state index in [0.717, 1.165) is 29.3 Å². The highest BCUT2D eigenvalue weighted by atomic mass is 79.9. The summed E-state index contributed by atoms with van der Waals surface area (Å²) in [5.74, 6) is 2.17. The van der Waals surface area contributed by atoms with E-state index in [-0.39, 0.29) is 0 Å². The van der Waals surface area contributed by atoms with Crippen LogP contribution in [0.15, 0.2) is 10.7 Å². The molecule has 1 aromatic rings. The number of likely N-dealkylation sites (tertiary alicyclic amines) is 1. The van der Waals surface area contributed by atoms with E-state index in [1.54, 1.807) is 0 Å². The molecule has 0 radical (unpaired) electrons. The Bertz CT molecular complexity index is 422. The molecule has 0 bridgehead atoms. The Morgan fingerprint density at radius 3 is 2.95 bits per heavy atom. The number of anilines is 1. The minimum absolute atomic E-state index is 0.344. The zero-order valence-corrected chi connectivity index (χ0v) is 13.6. The van der Waals surface area contributed by atoms with Crippen molar-refractivity contribution in [1.82, 2.24) is 14.9 Å². The zero-order valence-electron chi connectivity index (χ0n) is 12.0. The van der Waals surface area contributed by atoms with Gasteiger partial charge in [0.1, 0.15) is 16.2 Å². The number of piperidine rings is 1. The first kappa shape index (κ1) is 14.7. The van der Waals surface area contributed by atoms with Crippen LogP contribution >= 0.6 is 15.9 Å². The van der Waals surface area contributed by atoms with Crippen molar-refractivity contribution in [3.63, 3.8) is 0 Å². The number of rotatable bonds is 4. The van der Waals surface area contributed by atoms with Crippen LogP contribution in [-0.4, -0.2) is 40.5 Å². The molecule has 1 atom stereocenters. The molecule has 1 unspecified atom stereocenters. The molecule has 0 spiro atoms. The smallest absolute Gasteiger partial charge is 0.134 e. The Kier molecular flexibility index (Phi) is 5.16. The van der Waals surface area contributed by atoms with Gasteiger partial charge in [0.15, 0.2) is 0 Å². The predicted octanol–water partition coefficient (Wildman–Crippen LogP) is 3.26. The summed E-state index contributed by atoms with van der Waals surface area (Å²) in [6, 6.07) is 2.46. The molecule has 19 heavy (non-hydrogen) atoms. The van der Waals surface area contributed by atoms with Gasteiger partial charge in [0.2, 0.25) is 0 Å². The van der Waals surface area contributed by atoms with Gasteiger partial charge < -0.3 is 10.2 Å². The fraction of sp³-hybridized carbons (Fsp3) is 0.714. The van der Waals surface area contributed by atoms with Gasteiger partial charge in [-0.1, -0.05) is 20.8 Å². The Morgan fingerprint density at radius 2 is 2.26 bits per heavy atom. The first-order chi connectivity index (χ1) is 9.08. The van der Waals surface area contributed by atoms with Gasteiger partial charge in [0, 0.05) is 24.6 Å². The molecule has 1 aliphatic heterocycles. The lowest BCUT2D eigenvalue weighted by Gasteiger charge is -2.32. The van der Waals surface area contributed by atoms with Gasteiger partial charge in [-0.2, -0.15) is 0 Å². The second kappa shape index (κ2) is 6.66. The average Bonchev–Trinajstić information content (AvgIpc) is 2.38. The van der Waals surface area contributed by atoms with Gasteiger partial charge in [0.05, 0.1) is 0 Å². The highest BCUT2D eigenvalue weighted by molar-refractivity contribution is 9.10.